The molecule has 0 atom stereocenters. The van der Waals surface area contributed by atoms with Crippen molar-refractivity contribution in [3.63, 3.8) is 0 Å². The van der Waals surface area contributed by atoms with Gasteiger partial charge >= 0.3 is 17.8 Å². The largest absolute Gasteiger partial charge is 0.399 e. The second-order valence-electron chi connectivity index (χ2n) is 7.36. The number of hydrogen-bond donors (Lipinski definition) is 2. The Balaban J connectivity index is 1.35. The standard InChI is InChI=1S/C22H23FN6O3/c1-15(30)28-11-4-12-29(14-13-28)17-9-7-16(8-10-17)24-20(31)21-26-27-22(32-21)25-19-6-3-2-5-18(19)23/h2-3,5-10H,4,11-14H2,1H3,(H,24,31)(H,25,27). The Morgan fingerprint density at radius 2 is 1.78 bits per heavy atom. The van der Waals surface area contributed by atoms with Crippen molar-refractivity contribution < 1.29 is 18.4 Å². The fourth-order valence-electron chi connectivity index (χ4n) is 3.47. The lowest BCUT2D eigenvalue weighted by molar-refractivity contribution is -0.128. The number of nitrogens with one attached hydrogen (secondary N) is 2. The monoisotopic (exact) mass is 438 g/mol. The fourth-order valence-corrected chi connectivity index (χ4v) is 3.47. The van der Waals surface area contributed by atoms with Gasteiger partial charge in [0.1, 0.15) is 5.82 Å². The molecule has 1 aliphatic rings. The first-order chi connectivity index (χ1) is 15.5. The van der Waals surface area contributed by atoms with Crippen LogP contribution in [0.5, 0.6) is 0 Å². The van der Waals surface area contributed by atoms with E-state index in [1.807, 2.05) is 17.0 Å². The van der Waals surface area contributed by atoms with E-state index in [4.69, 9.17) is 4.42 Å². The van der Waals surface area contributed by atoms with Crippen molar-refractivity contribution in [3.8, 4) is 0 Å². The molecule has 3 aromatic rings. The summed E-state index contributed by atoms with van der Waals surface area (Å²) >= 11 is 0. The van der Waals surface area contributed by atoms with E-state index in [9.17, 15) is 14.0 Å². The Labute approximate surface area is 184 Å². The van der Waals surface area contributed by atoms with Gasteiger partial charge in [-0.25, -0.2) is 4.39 Å². The van der Waals surface area contributed by atoms with Gasteiger partial charge in [-0.05, 0) is 42.8 Å². The van der Waals surface area contributed by atoms with Crippen LogP contribution in [-0.4, -0.2) is 53.1 Å². The lowest BCUT2D eigenvalue weighted by Gasteiger charge is -2.23. The maximum atomic E-state index is 13.7. The first-order valence-corrected chi connectivity index (χ1v) is 10.3. The summed E-state index contributed by atoms with van der Waals surface area (Å²) in [5, 5.41) is 12.8. The summed E-state index contributed by atoms with van der Waals surface area (Å²) < 4.78 is 19.0. The number of carbonyl (C=O) groups is 2. The predicted octanol–water partition coefficient (Wildman–Crippen LogP) is 3.26. The molecular weight excluding hydrogens is 415 g/mol. The number of benzene rings is 2. The number of hydrogen-bond acceptors (Lipinski definition) is 7. The molecule has 10 heteroatoms. The molecule has 0 saturated carbocycles. The molecule has 0 unspecified atom stereocenters. The lowest BCUT2D eigenvalue weighted by Crippen LogP contribution is -2.33. The second-order valence-corrected chi connectivity index (χ2v) is 7.36. The smallest absolute Gasteiger partial charge is 0.320 e. The fraction of sp³-hybridized carbons (Fsp3) is 0.273. The zero-order chi connectivity index (χ0) is 22.5. The van der Waals surface area contributed by atoms with Crippen LogP contribution in [0.4, 0.5) is 27.5 Å². The van der Waals surface area contributed by atoms with Crippen LogP contribution in [0.3, 0.4) is 0 Å². The molecule has 0 aliphatic carbocycles. The molecule has 0 radical (unpaired) electrons. The van der Waals surface area contributed by atoms with Crippen molar-refractivity contribution in [1.82, 2.24) is 15.1 Å². The number of anilines is 4. The molecule has 1 aromatic heterocycles. The number of amides is 2. The van der Waals surface area contributed by atoms with Crippen molar-refractivity contribution in [2.45, 2.75) is 13.3 Å². The number of para-hydroxylation sites is 1. The van der Waals surface area contributed by atoms with E-state index in [1.165, 1.54) is 12.1 Å². The number of carbonyl (C=O) groups excluding carboxylic acids is 2. The SMILES string of the molecule is CC(=O)N1CCCN(c2ccc(NC(=O)c3nnc(Nc4ccccc4F)o3)cc2)CC1. The van der Waals surface area contributed by atoms with Gasteiger partial charge in [-0.3, -0.25) is 9.59 Å². The second kappa shape index (κ2) is 9.46. The van der Waals surface area contributed by atoms with E-state index < -0.39 is 11.7 Å². The van der Waals surface area contributed by atoms with Crippen LogP contribution < -0.4 is 15.5 Å². The average Bonchev–Trinajstić information content (AvgIpc) is 3.11. The third-order valence-electron chi connectivity index (χ3n) is 5.17. The lowest BCUT2D eigenvalue weighted by atomic mass is 10.2. The van der Waals surface area contributed by atoms with Crippen LogP contribution in [0.1, 0.15) is 24.0 Å². The van der Waals surface area contributed by atoms with Gasteiger partial charge in [-0.2, -0.15) is 0 Å². The molecule has 1 saturated heterocycles. The zero-order valence-electron chi connectivity index (χ0n) is 17.5. The summed E-state index contributed by atoms with van der Waals surface area (Å²) in [7, 11) is 0. The van der Waals surface area contributed by atoms with Gasteiger partial charge < -0.3 is 24.9 Å². The van der Waals surface area contributed by atoms with E-state index in [0.717, 1.165) is 31.7 Å². The molecule has 0 spiro atoms. The Bertz CT molecular complexity index is 1100. The van der Waals surface area contributed by atoms with Gasteiger partial charge in [-0.1, -0.05) is 17.2 Å². The molecule has 32 heavy (non-hydrogen) atoms. The summed E-state index contributed by atoms with van der Waals surface area (Å²) in [6.45, 7) is 4.65. The van der Waals surface area contributed by atoms with Gasteiger partial charge in [0.15, 0.2) is 0 Å². The maximum absolute atomic E-state index is 13.7. The first-order valence-electron chi connectivity index (χ1n) is 10.3. The topological polar surface area (TPSA) is 104 Å². The predicted molar refractivity (Wildman–Crippen MR) is 117 cm³/mol. The summed E-state index contributed by atoms with van der Waals surface area (Å²) in [6.07, 6.45) is 0.901. The number of halogens is 1. The van der Waals surface area contributed by atoms with Gasteiger partial charge in [0.05, 0.1) is 5.69 Å². The quantitative estimate of drug-likeness (QED) is 0.630. The van der Waals surface area contributed by atoms with Crippen LogP contribution in [0.2, 0.25) is 0 Å². The molecule has 0 bridgehead atoms. The first kappa shape index (κ1) is 21.3. The van der Waals surface area contributed by atoms with Crippen LogP contribution in [0.25, 0.3) is 0 Å². The van der Waals surface area contributed by atoms with Crippen LogP contribution in [-0.2, 0) is 4.79 Å². The third kappa shape index (κ3) is 5.02. The summed E-state index contributed by atoms with van der Waals surface area (Å²) in [5.74, 6) is -1.20. The Morgan fingerprint density at radius 3 is 2.53 bits per heavy atom. The molecule has 4 rings (SSSR count). The van der Waals surface area contributed by atoms with E-state index >= 15 is 0 Å². The van der Waals surface area contributed by atoms with Gasteiger partial charge in [0, 0.05) is 44.5 Å². The minimum atomic E-state index is -0.571. The molecule has 2 amide bonds. The van der Waals surface area contributed by atoms with Gasteiger partial charge in [0.25, 0.3) is 0 Å². The Hall–Kier alpha value is -3.95. The van der Waals surface area contributed by atoms with Crippen molar-refractivity contribution >= 4 is 34.9 Å². The molecule has 1 fully saturated rings. The maximum Gasteiger partial charge on any atom is 0.320 e. The average molecular weight is 438 g/mol. The van der Waals surface area contributed by atoms with E-state index in [0.29, 0.717) is 12.2 Å². The highest BCUT2D eigenvalue weighted by molar-refractivity contribution is 6.01. The highest BCUT2D eigenvalue weighted by Crippen LogP contribution is 2.21. The number of rotatable bonds is 5. The summed E-state index contributed by atoms with van der Waals surface area (Å²) in [6, 6.07) is 13.3. The van der Waals surface area contributed by atoms with E-state index in [1.54, 1.807) is 31.2 Å². The molecule has 166 valence electrons. The van der Waals surface area contributed by atoms with Crippen LogP contribution in [0.15, 0.2) is 52.9 Å². The highest BCUT2D eigenvalue weighted by Gasteiger charge is 2.18. The normalized spacial score (nSPS) is 14.1. The highest BCUT2D eigenvalue weighted by atomic mass is 19.1. The third-order valence-corrected chi connectivity index (χ3v) is 5.17. The van der Waals surface area contributed by atoms with E-state index in [-0.39, 0.29) is 23.5 Å². The van der Waals surface area contributed by atoms with Crippen molar-refractivity contribution in [2.75, 3.05) is 41.7 Å². The van der Waals surface area contributed by atoms with Gasteiger partial charge in [0.2, 0.25) is 5.91 Å². The molecule has 2 aromatic carbocycles. The minimum absolute atomic E-state index is 0.0867. The number of aromatic nitrogens is 2. The Morgan fingerprint density at radius 1 is 1.00 bits per heavy atom. The molecule has 1 aliphatic heterocycles. The zero-order valence-corrected chi connectivity index (χ0v) is 17.5. The summed E-state index contributed by atoms with van der Waals surface area (Å²) in [5.41, 5.74) is 1.75. The van der Waals surface area contributed by atoms with Gasteiger partial charge in [-0.15, -0.1) is 5.10 Å². The Kier molecular flexibility index (Phi) is 6.29. The van der Waals surface area contributed by atoms with Crippen molar-refractivity contribution in [3.05, 3.63) is 60.2 Å². The molecule has 9 nitrogen and oxygen atoms in total. The van der Waals surface area contributed by atoms with E-state index in [2.05, 4.69) is 25.7 Å². The van der Waals surface area contributed by atoms with Crippen molar-refractivity contribution in [2.24, 2.45) is 0 Å². The van der Waals surface area contributed by atoms with Crippen molar-refractivity contribution in [1.29, 1.82) is 0 Å². The molecular formula is C22H23FN6O3. The van der Waals surface area contributed by atoms with Crippen LogP contribution in [0, 0.1) is 5.82 Å². The van der Waals surface area contributed by atoms with Crippen LogP contribution >= 0.6 is 0 Å². The minimum Gasteiger partial charge on any atom is -0.399 e. The molecule has 2 N–H and O–H groups in total. The number of nitrogens with zero attached hydrogens (tertiary/aromatic N) is 4. The summed E-state index contributed by atoms with van der Waals surface area (Å²) in [4.78, 5) is 28.1. The molecule has 2 heterocycles.